The fourth-order valence-electron chi connectivity index (χ4n) is 2.19. The Morgan fingerprint density at radius 3 is 2.91 bits per heavy atom. The van der Waals surface area contributed by atoms with Crippen LogP contribution >= 0.6 is 11.6 Å². The molecule has 3 aromatic rings. The van der Waals surface area contributed by atoms with Gasteiger partial charge in [0.25, 0.3) is 0 Å². The van der Waals surface area contributed by atoms with E-state index in [1.807, 2.05) is 37.3 Å². The molecule has 2 heterocycles. The van der Waals surface area contributed by atoms with Crippen molar-refractivity contribution in [3.05, 3.63) is 41.6 Å². The summed E-state index contributed by atoms with van der Waals surface area (Å²) in [6.45, 7) is 1.87. The van der Waals surface area contributed by atoms with Crippen molar-refractivity contribution in [2.75, 3.05) is 11.9 Å². The lowest BCUT2D eigenvalue weighted by atomic mass is 10.0. The van der Waals surface area contributed by atoms with Crippen molar-refractivity contribution in [1.29, 1.82) is 0 Å². The molecule has 1 aromatic carbocycles. The Kier molecular flexibility index (Phi) is 4.05. The normalized spacial score (nSPS) is 12.5. The molecule has 2 radical (unpaired) electrons. The molecule has 0 aliphatic heterocycles. The first-order chi connectivity index (χ1) is 10.6. The molecular weight excluding hydrogens is 298 g/mol. The van der Waals surface area contributed by atoms with Crippen molar-refractivity contribution in [1.82, 2.24) is 14.6 Å². The van der Waals surface area contributed by atoms with Crippen LogP contribution < -0.4 is 10.8 Å². The second kappa shape index (κ2) is 5.98. The van der Waals surface area contributed by atoms with Gasteiger partial charge >= 0.3 is 0 Å². The second-order valence-electron chi connectivity index (χ2n) is 5.07. The minimum Gasteiger partial charge on any atom is -0.394 e. The summed E-state index contributed by atoms with van der Waals surface area (Å²) in [5.74, 6) is 0.693. The topological polar surface area (TPSA) is 62.5 Å². The highest BCUT2D eigenvalue weighted by molar-refractivity contribution is 6.36. The summed E-state index contributed by atoms with van der Waals surface area (Å²) in [7, 11) is 5.94. The van der Waals surface area contributed by atoms with Crippen molar-refractivity contribution in [2.24, 2.45) is 0 Å². The molecule has 7 heteroatoms. The first-order valence-electron chi connectivity index (χ1n) is 6.86. The van der Waals surface area contributed by atoms with Crippen LogP contribution in [0.2, 0.25) is 5.02 Å². The van der Waals surface area contributed by atoms with Gasteiger partial charge in [-0.15, -0.1) is 0 Å². The molecule has 3 rings (SSSR count). The summed E-state index contributed by atoms with van der Waals surface area (Å²) in [4.78, 5) is 4.55. The Hall–Kier alpha value is -2.05. The number of anilines is 1. The van der Waals surface area contributed by atoms with Crippen molar-refractivity contribution in [2.45, 2.75) is 13.0 Å². The number of rotatable bonds is 4. The molecular formula is C15H14BClN4O. The molecule has 2 aromatic heterocycles. The van der Waals surface area contributed by atoms with Crippen LogP contribution in [0.5, 0.6) is 0 Å². The molecule has 2 N–H and O–H groups in total. The molecule has 0 spiro atoms. The van der Waals surface area contributed by atoms with E-state index in [-0.39, 0.29) is 12.6 Å². The number of aliphatic hydroxyl groups is 1. The average molecular weight is 313 g/mol. The van der Waals surface area contributed by atoms with Crippen molar-refractivity contribution in [3.8, 4) is 11.3 Å². The number of fused-ring (bicyclic) bond motifs is 1. The lowest BCUT2D eigenvalue weighted by Gasteiger charge is -2.15. The number of nitrogens with one attached hydrogen (secondary N) is 1. The minimum absolute atomic E-state index is 0.00198. The van der Waals surface area contributed by atoms with Gasteiger partial charge in [-0.1, -0.05) is 29.8 Å². The van der Waals surface area contributed by atoms with Gasteiger partial charge < -0.3 is 10.4 Å². The van der Waals surface area contributed by atoms with Gasteiger partial charge in [0.1, 0.15) is 13.7 Å². The summed E-state index contributed by atoms with van der Waals surface area (Å²) >= 11 is 6.25. The molecule has 0 saturated heterocycles. The number of benzene rings is 1. The number of halogens is 1. The summed E-state index contributed by atoms with van der Waals surface area (Å²) in [6, 6.07) is 9.18. The third kappa shape index (κ3) is 2.67. The smallest absolute Gasteiger partial charge is 0.150 e. The Morgan fingerprint density at radius 2 is 2.18 bits per heavy atom. The molecule has 0 saturated carbocycles. The SMILES string of the molecule is [B]c1cnn2c(N[C@@H](C)CO)cc(-c3ccccc3Cl)nc12. The molecule has 0 aliphatic carbocycles. The zero-order valence-electron chi connectivity index (χ0n) is 12.0. The Balaban J connectivity index is 2.19. The van der Waals surface area contributed by atoms with Crippen LogP contribution in [0.15, 0.2) is 36.5 Å². The van der Waals surface area contributed by atoms with Gasteiger partial charge in [0.2, 0.25) is 0 Å². The van der Waals surface area contributed by atoms with E-state index in [1.54, 1.807) is 10.7 Å². The van der Waals surface area contributed by atoms with Gasteiger partial charge in [-0.2, -0.15) is 9.61 Å². The number of aromatic nitrogens is 3. The van der Waals surface area contributed by atoms with Gasteiger partial charge in [0.05, 0.1) is 12.3 Å². The minimum atomic E-state index is -0.130. The first-order valence-corrected chi connectivity index (χ1v) is 7.24. The van der Waals surface area contributed by atoms with Gasteiger partial charge in [0, 0.05) is 28.9 Å². The van der Waals surface area contributed by atoms with Crippen molar-refractivity contribution in [3.63, 3.8) is 0 Å². The predicted molar refractivity (Wildman–Crippen MR) is 89.0 cm³/mol. The molecule has 1 atom stereocenters. The molecule has 0 aliphatic rings. The van der Waals surface area contributed by atoms with E-state index < -0.39 is 0 Å². The lowest BCUT2D eigenvalue weighted by Crippen LogP contribution is -2.21. The predicted octanol–water partition coefficient (Wildman–Crippen LogP) is 1.64. The second-order valence-corrected chi connectivity index (χ2v) is 5.48. The van der Waals surface area contributed by atoms with E-state index >= 15 is 0 Å². The average Bonchev–Trinajstić information content (AvgIpc) is 2.89. The molecule has 0 unspecified atom stereocenters. The van der Waals surface area contributed by atoms with Gasteiger partial charge in [-0.05, 0) is 18.5 Å². The summed E-state index contributed by atoms with van der Waals surface area (Å²) in [5, 5.41) is 17.3. The molecule has 0 fully saturated rings. The van der Waals surface area contributed by atoms with Gasteiger partial charge in [-0.3, -0.25) is 0 Å². The van der Waals surface area contributed by atoms with Gasteiger partial charge in [0.15, 0.2) is 5.65 Å². The maximum Gasteiger partial charge on any atom is 0.150 e. The number of nitrogens with zero attached hydrogens (tertiary/aromatic N) is 3. The Bertz CT molecular complexity index is 820. The summed E-state index contributed by atoms with van der Waals surface area (Å²) in [6.07, 6.45) is 1.55. The maximum absolute atomic E-state index is 9.25. The number of aliphatic hydroxyl groups excluding tert-OH is 1. The molecule has 22 heavy (non-hydrogen) atoms. The van der Waals surface area contributed by atoms with Crippen LogP contribution in [-0.4, -0.2) is 40.2 Å². The molecule has 5 nitrogen and oxygen atoms in total. The summed E-state index contributed by atoms with van der Waals surface area (Å²) in [5.41, 5.74) is 2.53. The standard InChI is InChI=1S/C15H14BClN4O/c1-9(8-22)19-14-6-13(10-4-2-3-5-12(10)17)20-15-11(16)7-18-21(14)15/h2-7,9,19,22H,8H2,1H3/t9-/m0/s1. The van der Waals surface area contributed by atoms with Crippen molar-refractivity contribution < 1.29 is 5.11 Å². The Labute approximate surface area is 134 Å². The highest BCUT2D eigenvalue weighted by atomic mass is 35.5. The van der Waals surface area contributed by atoms with Crippen LogP contribution in [0.1, 0.15) is 6.92 Å². The fraction of sp³-hybridized carbons (Fsp3) is 0.200. The highest BCUT2D eigenvalue weighted by Gasteiger charge is 2.13. The Morgan fingerprint density at radius 1 is 1.41 bits per heavy atom. The zero-order valence-corrected chi connectivity index (χ0v) is 12.7. The van der Waals surface area contributed by atoms with Crippen LogP contribution in [0.4, 0.5) is 5.82 Å². The van der Waals surface area contributed by atoms with E-state index in [0.717, 1.165) is 5.56 Å². The van der Waals surface area contributed by atoms with Crippen LogP contribution in [0.3, 0.4) is 0 Å². The monoisotopic (exact) mass is 312 g/mol. The largest absolute Gasteiger partial charge is 0.394 e. The van der Waals surface area contributed by atoms with Crippen molar-refractivity contribution >= 4 is 36.4 Å². The lowest BCUT2D eigenvalue weighted by molar-refractivity contribution is 0.281. The van der Waals surface area contributed by atoms with Crippen LogP contribution in [-0.2, 0) is 0 Å². The third-order valence-electron chi connectivity index (χ3n) is 3.32. The summed E-state index contributed by atoms with van der Waals surface area (Å²) < 4.78 is 1.61. The number of hydrogen-bond donors (Lipinski definition) is 2. The van der Waals surface area contributed by atoms with E-state index in [2.05, 4.69) is 15.4 Å². The fourth-order valence-corrected chi connectivity index (χ4v) is 2.42. The van der Waals surface area contributed by atoms with Crippen LogP contribution in [0.25, 0.3) is 16.9 Å². The maximum atomic E-state index is 9.25. The van der Waals surface area contributed by atoms with E-state index in [4.69, 9.17) is 19.4 Å². The van der Waals surface area contributed by atoms with E-state index in [0.29, 0.717) is 27.6 Å². The van der Waals surface area contributed by atoms with E-state index in [9.17, 15) is 5.11 Å². The molecule has 110 valence electrons. The number of hydrogen-bond acceptors (Lipinski definition) is 4. The molecule has 0 amide bonds. The van der Waals surface area contributed by atoms with E-state index in [1.165, 1.54) is 0 Å². The first kappa shape index (κ1) is 14.9. The zero-order chi connectivity index (χ0) is 15.7. The third-order valence-corrected chi connectivity index (χ3v) is 3.65. The molecule has 0 bridgehead atoms. The quantitative estimate of drug-likeness (QED) is 0.719. The van der Waals surface area contributed by atoms with Crippen LogP contribution in [0, 0.1) is 0 Å². The highest BCUT2D eigenvalue weighted by Crippen LogP contribution is 2.28. The van der Waals surface area contributed by atoms with Gasteiger partial charge in [-0.25, -0.2) is 4.98 Å².